The molecule has 0 saturated carbocycles. The Morgan fingerprint density at radius 3 is 3.17 bits per heavy atom. The van der Waals surface area contributed by atoms with Crippen LogP contribution in [0.15, 0.2) is 30.3 Å². The van der Waals surface area contributed by atoms with Crippen LogP contribution in [0.1, 0.15) is 29.3 Å². The van der Waals surface area contributed by atoms with Crippen molar-refractivity contribution in [2.75, 3.05) is 13.1 Å². The number of aromatic nitrogens is 3. The number of nitrogens with zero attached hydrogens (tertiary/aromatic N) is 4. The Kier molecular flexibility index (Phi) is 3.61. The largest absolute Gasteiger partial charge is 0.298 e. The first-order chi connectivity index (χ1) is 8.92. The summed E-state index contributed by atoms with van der Waals surface area (Å²) in [6, 6.07) is 2.04. The predicted molar refractivity (Wildman–Crippen MR) is 71.4 cm³/mol. The molecule has 0 N–H and O–H groups in total. The maximum Gasteiger partial charge on any atom is 0.115 e. The van der Waals surface area contributed by atoms with Crippen LogP contribution in [0.25, 0.3) is 0 Å². The minimum absolute atomic E-state index is 0.551. The Morgan fingerprint density at radius 2 is 2.39 bits per heavy atom. The molecule has 1 saturated heterocycles. The monoisotopic (exact) mass is 260 g/mol. The van der Waals surface area contributed by atoms with E-state index in [4.69, 9.17) is 0 Å². The maximum absolute atomic E-state index is 4.39. The van der Waals surface area contributed by atoms with E-state index in [1.165, 1.54) is 30.0 Å². The second-order valence-corrected chi connectivity index (χ2v) is 5.65. The Bertz CT molecular complexity index is 471. The fraction of sp³-hybridized carbons (Fsp3) is 0.462. The normalized spacial score (nSPS) is 21.0. The van der Waals surface area contributed by atoms with Crippen LogP contribution in [0.3, 0.4) is 0 Å². The summed E-state index contributed by atoms with van der Waals surface area (Å²) in [4.78, 5) is 16.4. The fourth-order valence-electron chi connectivity index (χ4n) is 2.52. The smallest absolute Gasteiger partial charge is 0.115 e. The van der Waals surface area contributed by atoms with Crippen molar-refractivity contribution >= 4 is 11.3 Å². The molecule has 1 aliphatic heterocycles. The van der Waals surface area contributed by atoms with Crippen molar-refractivity contribution < 1.29 is 0 Å². The molecule has 3 rings (SSSR count). The van der Waals surface area contributed by atoms with E-state index in [-0.39, 0.29) is 0 Å². The van der Waals surface area contributed by atoms with E-state index in [1.807, 2.05) is 24.0 Å². The lowest BCUT2D eigenvalue weighted by molar-refractivity contribution is 0.200. The molecule has 5 heteroatoms. The molecule has 2 aromatic rings. The minimum atomic E-state index is 0.551. The summed E-state index contributed by atoms with van der Waals surface area (Å²) in [5.41, 5.74) is 3.08. The number of hydrogen-bond donors (Lipinski definition) is 0. The lowest BCUT2D eigenvalue weighted by Gasteiger charge is -2.31. The molecular formula is C13H16N4S. The molecule has 0 aromatic carbocycles. The van der Waals surface area contributed by atoms with Gasteiger partial charge in [-0.25, -0.2) is 9.97 Å². The van der Waals surface area contributed by atoms with Gasteiger partial charge in [0, 0.05) is 42.0 Å². The van der Waals surface area contributed by atoms with E-state index in [9.17, 15) is 0 Å². The van der Waals surface area contributed by atoms with Gasteiger partial charge in [-0.1, -0.05) is 0 Å². The first kappa shape index (κ1) is 11.7. The number of piperidine rings is 1. The molecule has 94 valence electrons. The van der Waals surface area contributed by atoms with Gasteiger partial charge in [-0.05, 0) is 25.5 Å². The van der Waals surface area contributed by atoms with Gasteiger partial charge in [0.05, 0.1) is 5.51 Å². The van der Waals surface area contributed by atoms with E-state index in [0.717, 1.165) is 13.1 Å². The summed E-state index contributed by atoms with van der Waals surface area (Å²) in [5, 5.41) is 0. The van der Waals surface area contributed by atoms with Gasteiger partial charge in [-0.2, -0.15) is 0 Å². The van der Waals surface area contributed by atoms with E-state index >= 15 is 0 Å². The van der Waals surface area contributed by atoms with Gasteiger partial charge in [-0.3, -0.25) is 9.88 Å². The summed E-state index contributed by atoms with van der Waals surface area (Å²) in [5.74, 6) is 0.551. The summed E-state index contributed by atoms with van der Waals surface area (Å²) in [6.45, 7) is 3.29. The highest BCUT2D eigenvalue weighted by Gasteiger charge is 2.22. The first-order valence-electron chi connectivity index (χ1n) is 6.27. The molecule has 0 spiro atoms. The van der Waals surface area contributed by atoms with Crippen LogP contribution in [0.4, 0.5) is 0 Å². The molecule has 1 aliphatic rings. The zero-order valence-electron chi connectivity index (χ0n) is 10.2. The van der Waals surface area contributed by atoms with Crippen molar-refractivity contribution in [1.82, 2.24) is 19.9 Å². The van der Waals surface area contributed by atoms with Crippen molar-refractivity contribution in [3.05, 3.63) is 40.9 Å². The van der Waals surface area contributed by atoms with Crippen LogP contribution in [0.2, 0.25) is 0 Å². The Morgan fingerprint density at radius 1 is 1.39 bits per heavy atom. The van der Waals surface area contributed by atoms with Gasteiger partial charge in [0.2, 0.25) is 0 Å². The maximum atomic E-state index is 4.39. The quantitative estimate of drug-likeness (QED) is 0.849. The highest BCUT2D eigenvalue weighted by Crippen LogP contribution is 2.26. The average molecular weight is 260 g/mol. The molecule has 3 heterocycles. The van der Waals surface area contributed by atoms with E-state index in [1.54, 1.807) is 17.7 Å². The van der Waals surface area contributed by atoms with Crippen LogP contribution in [-0.4, -0.2) is 32.9 Å². The molecule has 18 heavy (non-hydrogen) atoms. The number of rotatable bonds is 3. The van der Waals surface area contributed by atoms with Crippen molar-refractivity contribution in [2.24, 2.45) is 0 Å². The lowest BCUT2D eigenvalue weighted by atomic mass is 9.94. The zero-order valence-corrected chi connectivity index (χ0v) is 11.0. The summed E-state index contributed by atoms with van der Waals surface area (Å²) < 4.78 is 0. The zero-order chi connectivity index (χ0) is 12.2. The molecule has 0 aliphatic carbocycles. The molecule has 2 aromatic heterocycles. The van der Waals surface area contributed by atoms with E-state index < -0.39 is 0 Å². The predicted octanol–water partition coefficient (Wildman–Crippen LogP) is 2.31. The second kappa shape index (κ2) is 5.54. The summed E-state index contributed by atoms with van der Waals surface area (Å²) in [7, 11) is 0. The highest BCUT2D eigenvalue weighted by atomic mass is 32.1. The molecule has 0 radical (unpaired) electrons. The van der Waals surface area contributed by atoms with Crippen LogP contribution >= 0.6 is 11.3 Å². The van der Waals surface area contributed by atoms with Gasteiger partial charge in [0.1, 0.15) is 6.33 Å². The highest BCUT2D eigenvalue weighted by molar-refractivity contribution is 7.09. The molecule has 1 fully saturated rings. The van der Waals surface area contributed by atoms with Crippen molar-refractivity contribution in [3.8, 4) is 0 Å². The molecule has 4 nitrogen and oxygen atoms in total. The van der Waals surface area contributed by atoms with Crippen molar-refractivity contribution in [2.45, 2.75) is 25.3 Å². The summed E-state index contributed by atoms with van der Waals surface area (Å²) >= 11 is 1.74. The first-order valence-corrected chi connectivity index (χ1v) is 7.15. The van der Waals surface area contributed by atoms with Gasteiger partial charge in [-0.15, -0.1) is 11.3 Å². The SMILES string of the molecule is c1cc(C2CCCN(Cc3cncs3)C2)ncn1. The number of likely N-dealkylation sites (tertiary alicyclic amines) is 1. The molecule has 1 unspecified atom stereocenters. The van der Waals surface area contributed by atoms with Crippen LogP contribution in [0, 0.1) is 0 Å². The second-order valence-electron chi connectivity index (χ2n) is 4.68. The van der Waals surface area contributed by atoms with Crippen molar-refractivity contribution in [3.63, 3.8) is 0 Å². The fourth-order valence-corrected chi connectivity index (χ4v) is 3.16. The topological polar surface area (TPSA) is 41.9 Å². The van der Waals surface area contributed by atoms with Crippen molar-refractivity contribution in [1.29, 1.82) is 0 Å². The Balaban J connectivity index is 1.65. The van der Waals surface area contributed by atoms with Crippen LogP contribution in [-0.2, 0) is 6.54 Å². The van der Waals surface area contributed by atoms with Crippen LogP contribution < -0.4 is 0 Å². The average Bonchev–Trinajstić information content (AvgIpc) is 2.93. The van der Waals surface area contributed by atoms with Gasteiger partial charge in [0.25, 0.3) is 0 Å². The van der Waals surface area contributed by atoms with Gasteiger partial charge < -0.3 is 0 Å². The van der Waals surface area contributed by atoms with Gasteiger partial charge >= 0.3 is 0 Å². The molecule has 0 amide bonds. The minimum Gasteiger partial charge on any atom is -0.298 e. The third kappa shape index (κ3) is 2.73. The number of thiazole rings is 1. The third-order valence-corrected chi connectivity index (χ3v) is 4.16. The molecule has 0 bridgehead atoms. The van der Waals surface area contributed by atoms with Crippen LogP contribution in [0.5, 0.6) is 0 Å². The Hall–Kier alpha value is -1.33. The standard InChI is InChI=1S/C13H16N4S/c1-2-11(13-3-4-14-9-16-13)7-17(5-1)8-12-6-15-10-18-12/h3-4,6,9-11H,1-2,5,7-8H2. The number of hydrogen-bond acceptors (Lipinski definition) is 5. The lowest BCUT2D eigenvalue weighted by Crippen LogP contribution is -2.33. The molecule has 1 atom stereocenters. The molecular weight excluding hydrogens is 244 g/mol. The van der Waals surface area contributed by atoms with E-state index in [2.05, 4.69) is 19.9 Å². The Labute approximate surface area is 111 Å². The van der Waals surface area contributed by atoms with E-state index in [0.29, 0.717) is 5.92 Å². The third-order valence-electron chi connectivity index (χ3n) is 3.39. The van der Waals surface area contributed by atoms with Gasteiger partial charge in [0.15, 0.2) is 0 Å². The summed E-state index contributed by atoms with van der Waals surface area (Å²) in [6.07, 6.45) is 7.94.